The van der Waals surface area contributed by atoms with Crippen LogP contribution in [0.1, 0.15) is 6.42 Å². The van der Waals surface area contributed by atoms with Gasteiger partial charge >= 0.3 is 5.97 Å². The van der Waals surface area contributed by atoms with Crippen molar-refractivity contribution in [1.29, 1.82) is 0 Å². The quantitative estimate of drug-likeness (QED) is 0.515. The van der Waals surface area contributed by atoms with E-state index in [1.54, 1.807) is 0 Å². The monoisotopic (exact) mass is 308 g/mol. The predicted molar refractivity (Wildman–Crippen MR) is 71.2 cm³/mol. The molecule has 1 rings (SSSR count). The summed E-state index contributed by atoms with van der Waals surface area (Å²) in [5, 5.41) is 11.7. The van der Waals surface area contributed by atoms with Gasteiger partial charge in [0.2, 0.25) is 5.91 Å². The summed E-state index contributed by atoms with van der Waals surface area (Å²) in [6.07, 6.45) is 0.291. The van der Waals surface area contributed by atoms with Crippen LogP contribution in [-0.4, -0.2) is 81.2 Å². The standard InChI is InChI=1S/C11H20N2O6S/c1-19-4-3-12-6-10(14)13(7-11(15)16)9-2-5-20(17,18)8-9/h9,12H,2-8H2,1H3,(H,15,16). The molecule has 0 saturated carbocycles. The average molecular weight is 308 g/mol. The molecule has 9 heteroatoms. The third-order valence-corrected chi connectivity index (χ3v) is 4.78. The lowest BCUT2D eigenvalue weighted by atomic mass is 10.2. The number of carbonyl (C=O) groups excluding carboxylic acids is 1. The zero-order valence-electron chi connectivity index (χ0n) is 11.4. The molecule has 1 atom stereocenters. The van der Waals surface area contributed by atoms with E-state index in [9.17, 15) is 18.0 Å². The average Bonchev–Trinajstić information content (AvgIpc) is 2.71. The molecule has 0 aromatic heterocycles. The van der Waals surface area contributed by atoms with Gasteiger partial charge in [-0.15, -0.1) is 0 Å². The molecule has 1 aliphatic heterocycles. The van der Waals surface area contributed by atoms with Crippen molar-refractivity contribution >= 4 is 21.7 Å². The van der Waals surface area contributed by atoms with Crippen LogP contribution in [0.15, 0.2) is 0 Å². The van der Waals surface area contributed by atoms with Gasteiger partial charge in [0.05, 0.1) is 24.7 Å². The largest absolute Gasteiger partial charge is 0.480 e. The number of ether oxygens (including phenoxy) is 1. The summed E-state index contributed by atoms with van der Waals surface area (Å²) in [7, 11) is -1.63. The Labute approximate surface area is 118 Å². The third-order valence-electron chi connectivity index (χ3n) is 3.03. The number of amides is 1. The van der Waals surface area contributed by atoms with Crippen LogP contribution in [0.5, 0.6) is 0 Å². The summed E-state index contributed by atoms with van der Waals surface area (Å²) in [6, 6.07) is -0.548. The van der Waals surface area contributed by atoms with E-state index in [0.29, 0.717) is 19.6 Å². The molecule has 1 fully saturated rings. The highest BCUT2D eigenvalue weighted by atomic mass is 32.2. The SMILES string of the molecule is COCCNCC(=O)N(CC(=O)O)C1CCS(=O)(=O)C1. The molecule has 20 heavy (non-hydrogen) atoms. The Morgan fingerprint density at radius 3 is 2.65 bits per heavy atom. The lowest BCUT2D eigenvalue weighted by Crippen LogP contribution is -2.48. The smallest absolute Gasteiger partial charge is 0.323 e. The van der Waals surface area contributed by atoms with Crippen molar-refractivity contribution in [3.63, 3.8) is 0 Å². The molecule has 0 aliphatic carbocycles. The van der Waals surface area contributed by atoms with Gasteiger partial charge in [-0.2, -0.15) is 0 Å². The van der Waals surface area contributed by atoms with E-state index in [0.717, 1.165) is 4.90 Å². The van der Waals surface area contributed by atoms with Crippen LogP contribution in [0.4, 0.5) is 0 Å². The van der Waals surface area contributed by atoms with Crippen LogP contribution in [0.25, 0.3) is 0 Å². The number of carboxylic acid groups (broad SMARTS) is 1. The molecule has 0 spiro atoms. The Kier molecular flexibility index (Phi) is 6.37. The number of nitrogens with one attached hydrogen (secondary N) is 1. The van der Waals surface area contributed by atoms with Crippen molar-refractivity contribution in [3.8, 4) is 0 Å². The van der Waals surface area contributed by atoms with Gasteiger partial charge in [-0.05, 0) is 6.42 Å². The minimum absolute atomic E-state index is 0.00182. The van der Waals surface area contributed by atoms with Crippen LogP contribution in [-0.2, 0) is 24.2 Å². The van der Waals surface area contributed by atoms with Gasteiger partial charge in [0, 0.05) is 19.7 Å². The van der Waals surface area contributed by atoms with Crippen molar-refractivity contribution in [2.24, 2.45) is 0 Å². The Bertz CT molecular complexity index is 450. The fraction of sp³-hybridized carbons (Fsp3) is 0.818. The summed E-state index contributed by atoms with van der Waals surface area (Å²) in [4.78, 5) is 24.0. The van der Waals surface area contributed by atoms with Gasteiger partial charge in [0.1, 0.15) is 6.54 Å². The molecule has 1 amide bonds. The molecular weight excluding hydrogens is 288 g/mol. The van der Waals surface area contributed by atoms with Crippen LogP contribution in [0.2, 0.25) is 0 Å². The van der Waals surface area contributed by atoms with E-state index in [1.807, 2.05) is 0 Å². The Balaban J connectivity index is 2.60. The molecule has 1 unspecified atom stereocenters. The number of carboxylic acids is 1. The second-order valence-electron chi connectivity index (χ2n) is 4.64. The predicted octanol–water partition coefficient (Wildman–Crippen LogP) is -1.68. The van der Waals surface area contributed by atoms with Gasteiger partial charge in [0.15, 0.2) is 9.84 Å². The molecule has 116 valence electrons. The Hall–Kier alpha value is -1.19. The first-order chi connectivity index (χ1) is 9.35. The topological polar surface area (TPSA) is 113 Å². The van der Waals surface area contributed by atoms with Gasteiger partial charge in [-0.3, -0.25) is 9.59 Å². The fourth-order valence-corrected chi connectivity index (χ4v) is 3.79. The van der Waals surface area contributed by atoms with Crippen molar-refractivity contribution in [1.82, 2.24) is 10.2 Å². The van der Waals surface area contributed by atoms with Crippen LogP contribution in [0.3, 0.4) is 0 Å². The normalized spacial score (nSPS) is 20.8. The van der Waals surface area contributed by atoms with E-state index in [2.05, 4.69) is 5.32 Å². The van der Waals surface area contributed by atoms with Crippen molar-refractivity contribution in [2.75, 3.05) is 44.9 Å². The minimum Gasteiger partial charge on any atom is -0.480 e. The number of sulfone groups is 1. The maximum absolute atomic E-state index is 12.0. The van der Waals surface area contributed by atoms with Gasteiger partial charge in [0.25, 0.3) is 0 Å². The van der Waals surface area contributed by atoms with E-state index in [4.69, 9.17) is 9.84 Å². The molecule has 1 saturated heterocycles. The van der Waals surface area contributed by atoms with Gasteiger partial charge < -0.3 is 20.1 Å². The third kappa shape index (κ3) is 5.43. The number of rotatable bonds is 8. The summed E-state index contributed by atoms with van der Waals surface area (Å²) in [5.41, 5.74) is 0. The second-order valence-corrected chi connectivity index (χ2v) is 6.87. The highest BCUT2D eigenvalue weighted by Gasteiger charge is 2.35. The zero-order valence-corrected chi connectivity index (χ0v) is 12.2. The summed E-state index contributed by atoms with van der Waals surface area (Å²) in [5.74, 6) is -1.73. The van der Waals surface area contributed by atoms with Crippen molar-refractivity contribution < 1.29 is 27.9 Å². The highest BCUT2D eigenvalue weighted by molar-refractivity contribution is 7.91. The zero-order chi connectivity index (χ0) is 15.2. The molecule has 0 aromatic carbocycles. The van der Waals surface area contributed by atoms with E-state index >= 15 is 0 Å². The van der Waals surface area contributed by atoms with Crippen molar-refractivity contribution in [2.45, 2.75) is 12.5 Å². The summed E-state index contributed by atoms with van der Waals surface area (Å²) in [6.45, 7) is 0.383. The Morgan fingerprint density at radius 1 is 1.45 bits per heavy atom. The minimum atomic E-state index is -3.17. The van der Waals surface area contributed by atoms with Gasteiger partial charge in [-0.1, -0.05) is 0 Å². The van der Waals surface area contributed by atoms with E-state index < -0.39 is 34.3 Å². The lowest BCUT2D eigenvalue weighted by Gasteiger charge is -2.26. The molecule has 8 nitrogen and oxygen atoms in total. The first kappa shape index (κ1) is 16.9. The van der Waals surface area contributed by atoms with Crippen LogP contribution >= 0.6 is 0 Å². The molecule has 1 heterocycles. The second kappa shape index (κ2) is 7.55. The first-order valence-electron chi connectivity index (χ1n) is 6.27. The van der Waals surface area contributed by atoms with E-state index in [1.165, 1.54) is 7.11 Å². The number of hydrogen-bond donors (Lipinski definition) is 2. The van der Waals surface area contributed by atoms with Gasteiger partial charge in [-0.25, -0.2) is 8.42 Å². The molecular formula is C11H20N2O6S. The molecule has 0 bridgehead atoms. The number of methoxy groups -OCH3 is 1. The first-order valence-corrected chi connectivity index (χ1v) is 8.09. The van der Waals surface area contributed by atoms with Crippen LogP contribution < -0.4 is 5.32 Å². The van der Waals surface area contributed by atoms with Crippen LogP contribution in [0, 0.1) is 0 Å². The number of hydrogen-bond acceptors (Lipinski definition) is 6. The maximum Gasteiger partial charge on any atom is 0.323 e. The molecule has 0 aromatic rings. The van der Waals surface area contributed by atoms with Crippen molar-refractivity contribution in [3.05, 3.63) is 0 Å². The molecule has 2 N–H and O–H groups in total. The summed E-state index contributed by atoms with van der Waals surface area (Å²) < 4.78 is 27.7. The number of carbonyl (C=O) groups is 2. The number of nitrogens with zero attached hydrogens (tertiary/aromatic N) is 1. The molecule has 0 radical (unpaired) electrons. The fourth-order valence-electron chi connectivity index (χ4n) is 2.06. The maximum atomic E-state index is 12.0. The lowest BCUT2D eigenvalue weighted by molar-refractivity contribution is -0.145. The highest BCUT2D eigenvalue weighted by Crippen LogP contribution is 2.17. The molecule has 1 aliphatic rings. The summed E-state index contributed by atoms with van der Waals surface area (Å²) >= 11 is 0. The Morgan fingerprint density at radius 2 is 2.15 bits per heavy atom. The number of aliphatic carboxylic acids is 1. The van der Waals surface area contributed by atoms with E-state index in [-0.39, 0.29) is 18.1 Å².